The topological polar surface area (TPSA) is 95.0 Å². The molecule has 0 aliphatic heterocycles. The van der Waals surface area contributed by atoms with Crippen molar-refractivity contribution in [2.24, 2.45) is 10.9 Å². The van der Waals surface area contributed by atoms with Crippen molar-refractivity contribution in [2.75, 3.05) is 26.2 Å². The molecule has 1 aromatic rings. The maximum absolute atomic E-state index is 11.8. The van der Waals surface area contributed by atoms with Crippen molar-refractivity contribution in [3.63, 3.8) is 0 Å². The lowest BCUT2D eigenvalue weighted by molar-refractivity contribution is 0.0677. The lowest BCUT2D eigenvalue weighted by atomic mass is 10.00. The zero-order valence-corrected chi connectivity index (χ0v) is 20.6. The molecule has 9 heteroatoms. The number of hydrogen-bond donors (Lipinski definition) is 4. The lowest BCUT2D eigenvalue weighted by Gasteiger charge is -2.23. The third-order valence-corrected chi connectivity index (χ3v) is 4.58. The van der Waals surface area contributed by atoms with Gasteiger partial charge in [0.15, 0.2) is 5.96 Å². The second kappa shape index (κ2) is 14.0. The van der Waals surface area contributed by atoms with Crippen LogP contribution in [0.2, 0.25) is 0 Å². The molecule has 0 spiro atoms. The quantitative estimate of drug-likeness (QED) is 0.213. The van der Waals surface area contributed by atoms with Crippen LogP contribution in [0.3, 0.4) is 0 Å². The third-order valence-electron chi connectivity index (χ3n) is 3.90. The monoisotopic (exact) mass is 526 g/mol. The van der Waals surface area contributed by atoms with Gasteiger partial charge in [0.25, 0.3) is 0 Å². The van der Waals surface area contributed by atoms with Crippen molar-refractivity contribution in [3.05, 3.63) is 22.4 Å². The van der Waals surface area contributed by atoms with Crippen molar-refractivity contribution in [3.8, 4) is 0 Å². The zero-order chi connectivity index (χ0) is 20.3. The Kier molecular flexibility index (Phi) is 13.5. The Morgan fingerprint density at radius 1 is 1.36 bits per heavy atom. The highest BCUT2D eigenvalue weighted by Gasteiger charge is 2.23. The van der Waals surface area contributed by atoms with E-state index in [2.05, 4.69) is 34.8 Å². The molecule has 1 rings (SSSR count). The number of thiophene rings is 1. The fraction of sp³-hybridized carbons (Fsp3) is 0.684. The Hall–Kier alpha value is -1.07. The van der Waals surface area contributed by atoms with Gasteiger partial charge in [-0.2, -0.15) is 11.3 Å². The van der Waals surface area contributed by atoms with E-state index in [1.54, 1.807) is 25.2 Å². The van der Waals surface area contributed by atoms with Crippen LogP contribution in [0.4, 0.5) is 4.79 Å². The zero-order valence-electron chi connectivity index (χ0n) is 17.4. The Labute approximate surface area is 189 Å². The molecule has 2 unspecified atom stereocenters. The molecule has 4 N–H and O–H groups in total. The van der Waals surface area contributed by atoms with Gasteiger partial charge in [0.1, 0.15) is 5.60 Å². The summed E-state index contributed by atoms with van der Waals surface area (Å²) in [6.07, 6.45) is 0.407. The number of carbonyl (C=O) groups is 1. The molecular formula is C19H35IN4O3S. The van der Waals surface area contributed by atoms with Crippen LogP contribution in [0.1, 0.15) is 46.6 Å². The smallest absolute Gasteiger partial charge is 0.407 e. The Morgan fingerprint density at radius 3 is 2.61 bits per heavy atom. The Balaban J connectivity index is 0.00000729. The highest BCUT2D eigenvalue weighted by atomic mass is 127. The van der Waals surface area contributed by atoms with Crippen LogP contribution >= 0.6 is 35.3 Å². The van der Waals surface area contributed by atoms with Crippen LogP contribution in [-0.2, 0) is 10.3 Å². The van der Waals surface area contributed by atoms with Crippen molar-refractivity contribution >= 4 is 47.4 Å². The van der Waals surface area contributed by atoms with E-state index in [4.69, 9.17) is 4.74 Å². The highest BCUT2D eigenvalue weighted by Crippen LogP contribution is 2.23. The van der Waals surface area contributed by atoms with Crippen LogP contribution in [0.25, 0.3) is 0 Å². The number of hydrogen-bond acceptors (Lipinski definition) is 5. The molecule has 1 amide bonds. The van der Waals surface area contributed by atoms with Crippen molar-refractivity contribution < 1.29 is 14.6 Å². The molecule has 2 atom stereocenters. The van der Waals surface area contributed by atoms with E-state index in [0.29, 0.717) is 31.6 Å². The van der Waals surface area contributed by atoms with E-state index < -0.39 is 11.7 Å². The largest absolute Gasteiger partial charge is 0.450 e. The first kappa shape index (κ1) is 26.9. The van der Waals surface area contributed by atoms with Gasteiger partial charge < -0.3 is 25.8 Å². The van der Waals surface area contributed by atoms with E-state index in [0.717, 1.165) is 12.0 Å². The number of aliphatic imine (C=N–C) groups is 1. The molecule has 0 bridgehead atoms. The van der Waals surface area contributed by atoms with E-state index in [1.807, 2.05) is 23.8 Å². The predicted molar refractivity (Wildman–Crippen MR) is 127 cm³/mol. The summed E-state index contributed by atoms with van der Waals surface area (Å²) in [6.45, 7) is 11.5. The van der Waals surface area contributed by atoms with Crippen molar-refractivity contribution in [1.29, 1.82) is 0 Å². The number of nitrogens with one attached hydrogen (secondary N) is 3. The van der Waals surface area contributed by atoms with Crippen LogP contribution < -0.4 is 16.0 Å². The molecule has 0 aliphatic rings. The molecule has 0 aliphatic carbocycles. The fourth-order valence-corrected chi connectivity index (χ4v) is 3.34. The van der Waals surface area contributed by atoms with Crippen LogP contribution in [-0.4, -0.2) is 49.4 Å². The molecular weight excluding hydrogens is 491 g/mol. The van der Waals surface area contributed by atoms with Gasteiger partial charge in [-0.1, -0.05) is 13.8 Å². The summed E-state index contributed by atoms with van der Waals surface area (Å²) >= 11 is 1.55. The molecule has 28 heavy (non-hydrogen) atoms. The number of aliphatic hydroxyl groups is 1. The third kappa shape index (κ3) is 10.5. The standard InChI is InChI=1S/C19H34N4O3S.HI/c1-6-20-17(22-13-19(5,25)15-8-9-27-12-15)21-11-16(10-14(3)4)23-18(24)26-7-2;/h8-9,12,14,16,25H,6-7,10-11,13H2,1-5H3,(H,23,24)(H2,20,21,22);1H. The first-order chi connectivity index (χ1) is 12.8. The first-order valence-electron chi connectivity index (χ1n) is 9.49. The predicted octanol–water partition coefficient (Wildman–Crippen LogP) is 3.29. The van der Waals surface area contributed by atoms with Crippen LogP contribution in [0.5, 0.6) is 0 Å². The summed E-state index contributed by atoms with van der Waals surface area (Å²) in [5.41, 5.74) is -0.170. The molecule has 162 valence electrons. The summed E-state index contributed by atoms with van der Waals surface area (Å²) in [6, 6.07) is 1.83. The van der Waals surface area contributed by atoms with Crippen molar-refractivity contribution in [2.45, 2.75) is 52.7 Å². The summed E-state index contributed by atoms with van der Waals surface area (Å²) in [7, 11) is 0. The summed E-state index contributed by atoms with van der Waals surface area (Å²) in [5, 5.41) is 23.8. The Morgan fingerprint density at radius 2 is 2.07 bits per heavy atom. The highest BCUT2D eigenvalue weighted by molar-refractivity contribution is 14.0. The average Bonchev–Trinajstić information content (AvgIpc) is 3.12. The fourth-order valence-electron chi connectivity index (χ4n) is 2.56. The molecule has 0 saturated heterocycles. The summed E-state index contributed by atoms with van der Waals surface area (Å²) in [5.74, 6) is 1.03. The van der Waals surface area contributed by atoms with Gasteiger partial charge in [-0.05, 0) is 55.5 Å². The SMILES string of the molecule is CCNC(=NCC(C)(O)c1ccsc1)NCC(CC(C)C)NC(=O)OCC.I. The molecule has 0 saturated carbocycles. The maximum Gasteiger partial charge on any atom is 0.407 e. The minimum atomic E-state index is -1.02. The Bertz CT molecular complexity index is 580. The van der Waals surface area contributed by atoms with Crippen LogP contribution in [0.15, 0.2) is 21.8 Å². The van der Waals surface area contributed by atoms with Gasteiger partial charge >= 0.3 is 6.09 Å². The summed E-state index contributed by atoms with van der Waals surface area (Å²) < 4.78 is 4.99. The summed E-state index contributed by atoms with van der Waals surface area (Å²) in [4.78, 5) is 16.3. The van der Waals surface area contributed by atoms with Gasteiger partial charge in [0, 0.05) is 19.1 Å². The average molecular weight is 526 g/mol. The van der Waals surface area contributed by atoms with Gasteiger partial charge in [0.2, 0.25) is 0 Å². The number of nitrogens with zero attached hydrogens (tertiary/aromatic N) is 1. The maximum atomic E-state index is 11.8. The second-order valence-electron chi connectivity index (χ2n) is 7.05. The molecule has 1 heterocycles. The van der Waals surface area contributed by atoms with Crippen LogP contribution in [0, 0.1) is 5.92 Å². The number of alkyl carbamates (subject to hydrolysis) is 1. The minimum Gasteiger partial charge on any atom is -0.450 e. The number of ether oxygens (including phenoxy) is 1. The van der Waals surface area contributed by atoms with E-state index in [-0.39, 0.29) is 36.6 Å². The lowest BCUT2D eigenvalue weighted by Crippen LogP contribution is -2.48. The number of amides is 1. The normalized spacial score (nSPS) is 14.6. The van der Waals surface area contributed by atoms with E-state index in [9.17, 15) is 9.90 Å². The van der Waals surface area contributed by atoms with E-state index >= 15 is 0 Å². The van der Waals surface area contributed by atoms with Gasteiger partial charge in [-0.15, -0.1) is 24.0 Å². The second-order valence-corrected chi connectivity index (χ2v) is 7.83. The number of guanidine groups is 1. The minimum absolute atomic E-state index is 0. The molecule has 0 fully saturated rings. The molecule has 0 aromatic carbocycles. The number of halogens is 1. The van der Waals surface area contributed by atoms with Gasteiger partial charge in [0.05, 0.1) is 13.2 Å². The van der Waals surface area contributed by atoms with Gasteiger partial charge in [-0.3, -0.25) is 0 Å². The molecule has 1 aromatic heterocycles. The molecule has 7 nitrogen and oxygen atoms in total. The number of rotatable bonds is 10. The molecule has 0 radical (unpaired) electrons. The van der Waals surface area contributed by atoms with Crippen molar-refractivity contribution in [1.82, 2.24) is 16.0 Å². The van der Waals surface area contributed by atoms with E-state index in [1.165, 1.54) is 0 Å². The first-order valence-corrected chi connectivity index (χ1v) is 10.4. The number of carbonyl (C=O) groups excluding carboxylic acids is 1. The van der Waals surface area contributed by atoms with Gasteiger partial charge in [-0.25, -0.2) is 9.79 Å².